The predicted molar refractivity (Wildman–Crippen MR) is 45.7 cm³/mol. The number of unbranched alkanes of at least 4 members (excludes halogenated alkanes) is 2. The van der Waals surface area contributed by atoms with Crippen LogP contribution in [0.1, 0.15) is 26.2 Å². The Balaban J connectivity index is 2.83. The summed E-state index contributed by atoms with van der Waals surface area (Å²) in [4.78, 5) is 0. The molecule has 0 saturated heterocycles. The van der Waals surface area contributed by atoms with Gasteiger partial charge in [0.2, 0.25) is 0 Å². The van der Waals surface area contributed by atoms with E-state index >= 15 is 0 Å². The van der Waals surface area contributed by atoms with Gasteiger partial charge in [0, 0.05) is 26.0 Å². The molecule has 0 spiro atoms. The van der Waals surface area contributed by atoms with Gasteiger partial charge in [-0.2, -0.15) is 0 Å². The minimum Gasteiger partial charge on any atom is -0.393 e. The molecule has 0 bridgehead atoms. The molecule has 10 heavy (non-hydrogen) atoms. The second-order valence-corrected chi connectivity index (χ2v) is 2.28. The second-order valence-electron chi connectivity index (χ2n) is 2.28. The fourth-order valence-electron chi connectivity index (χ4n) is 0.703. The van der Waals surface area contributed by atoms with E-state index in [1.54, 1.807) is 0 Å². The molecule has 0 aromatic rings. The standard InChI is InChI=1S/C8H18N2/c1-3-4-5-6-10-8-7-9-2/h7-10H,3-6H2,1-2H3/b8-7-. The van der Waals surface area contributed by atoms with Gasteiger partial charge in [-0.25, -0.2) is 0 Å². The number of nitrogens with one attached hydrogen (secondary N) is 2. The molecule has 0 atom stereocenters. The Hall–Kier alpha value is -0.660. The third-order valence-corrected chi connectivity index (χ3v) is 1.29. The summed E-state index contributed by atoms with van der Waals surface area (Å²) in [7, 11) is 1.89. The first kappa shape index (κ1) is 9.34. The molecule has 0 aliphatic rings. The topological polar surface area (TPSA) is 24.1 Å². The number of hydrogen-bond donors (Lipinski definition) is 2. The number of rotatable bonds is 6. The van der Waals surface area contributed by atoms with Gasteiger partial charge in [0.05, 0.1) is 0 Å². The summed E-state index contributed by atoms with van der Waals surface area (Å²) in [5.41, 5.74) is 0. The van der Waals surface area contributed by atoms with E-state index in [1.807, 2.05) is 19.4 Å². The summed E-state index contributed by atoms with van der Waals surface area (Å²) in [5.74, 6) is 0. The summed E-state index contributed by atoms with van der Waals surface area (Å²) in [5, 5.41) is 6.09. The zero-order valence-electron chi connectivity index (χ0n) is 6.98. The second kappa shape index (κ2) is 8.34. The maximum Gasteiger partial charge on any atom is 0.0141 e. The van der Waals surface area contributed by atoms with Gasteiger partial charge in [0.1, 0.15) is 0 Å². The van der Waals surface area contributed by atoms with Crippen LogP contribution in [0, 0.1) is 0 Å². The zero-order valence-corrected chi connectivity index (χ0v) is 6.98. The quantitative estimate of drug-likeness (QED) is 0.549. The summed E-state index contributed by atoms with van der Waals surface area (Å²) >= 11 is 0. The first-order chi connectivity index (χ1) is 4.91. The Bertz CT molecular complexity index is 79.3. The minimum atomic E-state index is 1.09. The van der Waals surface area contributed by atoms with Crippen molar-refractivity contribution in [3.8, 4) is 0 Å². The van der Waals surface area contributed by atoms with Crippen molar-refractivity contribution in [1.29, 1.82) is 0 Å². The fraction of sp³-hybridized carbons (Fsp3) is 0.750. The van der Waals surface area contributed by atoms with Gasteiger partial charge in [0.15, 0.2) is 0 Å². The van der Waals surface area contributed by atoms with Crippen LogP contribution in [0.5, 0.6) is 0 Å². The van der Waals surface area contributed by atoms with Gasteiger partial charge in [-0.1, -0.05) is 19.8 Å². The lowest BCUT2D eigenvalue weighted by Crippen LogP contribution is -2.08. The maximum absolute atomic E-state index is 3.18. The largest absolute Gasteiger partial charge is 0.393 e. The van der Waals surface area contributed by atoms with Crippen molar-refractivity contribution in [3.05, 3.63) is 12.4 Å². The van der Waals surface area contributed by atoms with Crippen LogP contribution in [0.2, 0.25) is 0 Å². The predicted octanol–water partition coefficient (Wildman–Crippen LogP) is 1.46. The summed E-state index contributed by atoms with van der Waals surface area (Å²) < 4.78 is 0. The van der Waals surface area contributed by atoms with Gasteiger partial charge >= 0.3 is 0 Å². The van der Waals surface area contributed by atoms with Crippen LogP contribution < -0.4 is 10.6 Å². The molecule has 0 rings (SSSR count). The number of hydrogen-bond acceptors (Lipinski definition) is 2. The van der Waals surface area contributed by atoms with Crippen molar-refractivity contribution in [1.82, 2.24) is 10.6 Å². The van der Waals surface area contributed by atoms with E-state index in [2.05, 4.69) is 17.6 Å². The average Bonchev–Trinajstić information content (AvgIpc) is 1.97. The molecule has 0 radical (unpaired) electrons. The van der Waals surface area contributed by atoms with Crippen molar-refractivity contribution in [2.75, 3.05) is 13.6 Å². The third kappa shape index (κ3) is 7.34. The van der Waals surface area contributed by atoms with Crippen LogP contribution in [-0.2, 0) is 0 Å². The Morgan fingerprint density at radius 2 is 2.00 bits per heavy atom. The van der Waals surface area contributed by atoms with Gasteiger partial charge in [-0.05, 0) is 6.42 Å². The molecular formula is C8H18N2. The Morgan fingerprint density at radius 3 is 2.60 bits per heavy atom. The van der Waals surface area contributed by atoms with E-state index in [0.29, 0.717) is 0 Å². The Labute approximate surface area is 63.7 Å². The van der Waals surface area contributed by atoms with Crippen LogP contribution in [0.4, 0.5) is 0 Å². The molecule has 0 saturated carbocycles. The van der Waals surface area contributed by atoms with E-state index in [9.17, 15) is 0 Å². The SMILES string of the molecule is CCCCCN/C=C\NC. The molecule has 0 aliphatic heterocycles. The van der Waals surface area contributed by atoms with Crippen molar-refractivity contribution >= 4 is 0 Å². The Kier molecular flexibility index (Phi) is 7.79. The molecule has 0 unspecified atom stereocenters. The van der Waals surface area contributed by atoms with E-state index in [1.165, 1.54) is 19.3 Å². The first-order valence-electron chi connectivity index (χ1n) is 3.97. The van der Waals surface area contributed by atoms with Crippen molar-refractivity contribution in [2.24, 2.45) is 0 Å². The van der Waals surface area contributed by atoms with Crippen LogP contribution in [0.3, 0.4) is 0 Å². The van der Waals surface area contributed by atoms with Gasteiger partial charge in [-0.15, -0.1) is 0 Å². The van der Waals surface area contributed by atoms with Crippen molar-refractivity contribution < 1.29 is 0 Å². The Morgan fingerprint density at radius 1 is 1.20 bits per heavy atom. The molecule has 0 fully saturated rings. The average molecular weight is 142 g/mol. The summed E-state index contributed by atoms with van der Waals surface area (Å²) in [6.45, 7) is 3.30. The highest BCUT2D eigenvalue weighted by Crippen LogP contribution is 1.90. The lowest BCUT2D eigenvalue weighted by molar-refractivity contribution is 0.681. The van der Waals surface area contributed by atoms with Crippen LogP contribution in [0.15, 0.2) is 12.4 Å². The molecule has 0 aliphatic carbocycles. The van der Waals surface area contributed by atoms with Crippen LogP contribution in [0.25, 0.3) is 0 Å². The highest BCUT2D eigenvalue weighted by molar-refractivity contribution is 4.74. The highest BCUT2D eigenvalue weighted by atomic mass is 14.9. The zero-order chi connectivity index (χ0) is 7.66. The summed E-state index contributed by atoms with van der Waals surface area (Å²) in [6, 6.07) is 0. The van der Waals surface area contributed by atoms with Crippen molar-refractivity contribution in [2.45, 2.75) is 26.2 Å². The lowest BCUT2D eigenvalue weighted by atomic mass is 10.2. The minimum absolute atomic E-state index is 1.09. The first-order valence-corrected chi connectivity index (χ1v) is 3.97. The molecule has 0 amide bonds. The van der Waals surface area contributed by atoms with Crippen LogP contribution in [-0.4, -0.2) is 13.6 Å². The smallest absolute Gasteiger partial charge is 0.0141 e. The van der Waals surface area contributed by atoms with Gasteiger partial charge < -0.3 is 10.6 Å². The van der Waals surface area contributed by atoms with Crippen LogP contribution >= 0.6 is 0 Å². The molecule has 60 valence electrons. The summed E-state index contributed by atoms with van der Waals surface area (Å²) in [6.07, 6.45) is 7.71. The maximum atomic E-state index is 3.18. The van der Waals surface area contributed by atoms with Gasteiger partial charge in [-0.3, -0.25) is 0 Å². The van der Waals surface area contributed by atoms with E-state index in [4.69, 9.17) is 0 Å². The molecule has 2 heteroatoms. The lowest BCUT2D eigenvalue weighted by Gasteiger charge is -1.97. The molecule has 2 nitrogen and oxygen atoms in total. The molecule has 2 N–H and O–H groups in total. The van der Waals surface area contributed by atoms with Gasteiger partial charge in [0.25, 0.3) is 0 Å². The fourth-order valence-corrected chi connectivity index (χ4v) is 0.703. The third-order valence-electron chi connectivity index (χ3n) is 1.29. The normalized spacial score (nSPS) is 10.2. The molecule has 0 heterocycles. The van der Waals surface area contributed by atoms with Crippen molar-refractivity contribution in [3.63, 3.8) is 0 Å². The highest BCUT2D eigenvalue weighted by Gasteiger charge is 1.80. The van der Waals surface area contributed by atoms with E-state index < -0.39 is 0 Å². The molecule has 0 aromatic heterocycles. The monoisotopic (exact) mass is 142 g/mol. The van der Waals surface area contributed by atoms with E-state index in [-0.39, 0.29) is 0 Å². The van der Waals surface area contributed by atoms with E-state index in [0.717, 1.165) is 6.54 Å². The molecular weight excluding hydrogens is 124 g/mol. The molecule has 0 aromatic carbocycles.